The van der Waals surface area contributed by atoms with Crippen molar-refractivity contribution in [3.8, 4) is 17.1 Å². The van der Waals surface area contributed by atoms with Crippen LogP contribution in [0.3, 0.4) is 0 Å². The highest BCUT2D eigenvalue weighted by Gasteiger charge is 2.21. The van der Waals surface area contributed by atoms with Crippen molar-refractivity contribution in [1.82, 2.24) is 14.8 Å². The molecule has 0 aliphatic heterocycles. The summed E-state index contributed by atoms with van der Waals surface area (Å²) in [7, 11) is 0. The SMILES string of the molecule is CC(Sc1nnc(-c2ccc(O)cc2)n1Cc1ccccc1)C(=O)Nc1ccccc1. The summed E-state index contributed by atoms with van der Waals surface area (Å²) in [6.45, 7) is 2.42. The number of hydrogen-bond donors (Lipinski definition) is 2. The molecule has 0 aliphatic rings. The number of benzene rings is 3. The number of phenolic OH excluding ortho intramolecular Hbond substituents is 1. The average molecular weight is 431 g/mol. The molecule has 3 aromatic carbocycles. The number of thioether (sulfide) groups is 1. The molecule has 4 rings (SSSR count). The summed E-state index contributed by atoms with van der Waals surface area (Å²) in [6, 6.07) is 26.3. The van der Waals surface area contributed by atoms with E-state index in [4.69, 9.17) is 0 Å². The standard InChI is InChI=1S/C24H22N4O2S/c1-17(23(30)25-20-10-6-3-7-11-20)31-24-27-26-22(19-12-14-21(29)15-13-19)28(24)16-18-8-4-2-5-9-18/h2-15,17,29H,16H2,1H3,(H,25,30). The Morgan fingerprint density at radius 2 is 1.61 bits per heavy atom. The number of aromatic hydroxyl groups is 1. The van der Waals surface area contributed by atoms with Gasteiger partial charge in [0.05, 0.1) is 11.8 Å². The Morgan fingerprint density at radius 3 is 2.29 bits per heavy atom. The summed E-state index contributed by atoms with van der Waals surface area (Å²) < 4.78 is 2.00. The molecule has 1 aromatic heterocycles. The molecule has 1 atom stereocenters. The first-order chi connectivity index (χ1) is 15.1. The number of anilines is 1. The molecule has 7 heteroatoms. The first kappa shape index (κ1) is 20.7. The molecule has 0 radical (unpaired) electrons. The van der Waals surface area contributed by atoms with Gasteiger partial charge >= 0.3 is 0 Å². The van der Waals surface area contributed by atoms with Crippen molar-refractivity contribution in [1.29, 1.82) is 0 Å². The van der Waals surface area contributed by atoms with Gasteiger partial charge in [0.1, 0.15) is 5.75 Å². The molecule has 0 saturated carbocycles. The molecular weight excluding hydrogens is 408 g/mol. The summed E-state index contributed by atoms with van der Waals surface area (Å²) >= 11 is 1.36. The van der Waals surface area contributed by atoms with E-state index in [-0.39, 0.29) is 16.9 Å². The van der Waals surface area contributed by atoms with Crippen LogP contribution in [0.5, 0.6) is 5.75 Å². The molecule has 2 N–H and O–H groups in total. The third-order valence-corrected chi connectivity index (χ3v) is 5.80. The maximum Gasteiger partial charge on any atom is 0.237 e. The van der Waals surface area contributed by atoms with Crippen LogP contribution in [0.2, 0.25) is 0 Å². The molecule has 1 unspecified atom stereocenters. The van der Waals surface area contributed by atoms with Gasteiger partial charge in [0.15, 0.2) is 11.0 Å². The molecule has 0 spiro atoms. The molecular formula is C24H22N4O2S. The molecule has 0 bridgehead atoms. The van der Waals surface area contributed by atoms with Gasteiger partial charge < -0.3 is 10.4 Å². The largest absolute Gasteiger partial charge is 0.508 e. The molecule has 1 amide bonds. The van der Waals surface area contributed by atoms with Crippen molar-refractivity contribution in [3.63, 3.8) is 0 Å². The molecule has 4 aromatic rings. The van der Waals surface area contributed by atoms with Gasteiger partial charge in [-0.05, 0) is 48.9 Å². The maximum absolute atomic E-state index is 12.7. The maximum atomic E-state index is 12.7. The Labute approximate surface area is 185 Å². The highest BCUT2D eigenvalue weighted by atomic mass is 32.2. The highest BCUT2D eigenvalue weighted by molar-refractivity contribution is 8.00. The Balaban J connectivity index is 1.60. The van der Waals surface area contributed by atoms with E-state index in [9.17, 15) is 9.90 Å². The lowest BCUT2D eigenvalue weighted by atomic mass is 10.2. The summed E-state index contributed by atoms with van der Waals surface area (Å²) in [6.07, 6.45) is 0. The van der Waals surface area contributed by atoms with Crippen molar-refractivity contribution in [2.45, 2.75) is 23.9 Å². The molecule has 1 heterocycles. The zero-order valence-corrected chi connectivity index (χ0v) is 17.8. The third-order valence-electron chi connectivity index (χ3n) is 4.72. The van der Waals surface area contributed by atoms with Crippen LogP contribution in [0.25, 0.3) is 11.4 Å². The van der Waals surface area contributed by atoms with Gasteiger partial charge in [-0.3, -0.25) is 9.36 Å². The Morgan fingerprint density at radius 1 is 0.968 bits per heavy atom. The number of rotatable bonds is 7. The lowest BCUT2D eigenvalue weighted by Gasteiger charge is -2.14. The smallest absolute Gasteiger partial charge is 0.237 e. The van der Waals surface area contributed by atoms with Crippen molar-refractivity contribution in [3.05, 3.63) is 90.5 Å². The molecule has 6 nitrogen and oxygen atoms in total. The van der Waals surface area contributed by atoms with Crippen LogP contribution in [0, 0.1) is 0 Å². The van der Waals surface area contributed by atoms with Crippen molar-refractivity contribution in [2.75, 3.05) is 5.32 Å². The van der Waals surface area contributed by atoms with Gasteiger partial charge in [-0.2, -0.15) is 0 Å². The van der Waals surface area contributed by atoms with Gasteiger partial charge in [0.25, 0.3) is 0 Å². The Hall–Kier alpha value is -3.58. The number of nitrogens with one attached hydrogen (secondary N) is 1. The molecule has 0 fully saturated rings. The van der Waals surface area contributed by atoms with Crippen LogP contribution in [-0.2, 0) is 11.3 Å². The lowest BCUT2D eigenvalue weighted by Crippen LogP contribution is -2.23. The second-order valence-electron chi connectivity index (χ2n) is 7.04. The highest BCUT2D eigenvalue weighted by Crippen LogP contribution is 2.29. The van der Waals surface area contributed by atoms with Gasteiger partial charge in [-0.25, -0.2) is 0 Å². The summed E-state index contributed by atoms with van der Waals surface area (Å²) in [4.78, 5) is 12.7. The first-order valence-electron chi connectivity index (χ1n) is 9.89. The van der Waals surface area contributed by atoms with E-state index in [2.05, 4.69) is 15.5 Å². The number of aromatic nitrogens is 3. The van der Waals surface area contributed by atoms with Crippen molar-refractivity contribution < 1.29 is 9.90 Å². The number of hydrogen-bond acceptors (Lipinski definition) is 5. The molecule has 31 heavy (non-hydrogen) atoms. The predicted octanol–water partition coefficient (Wildman–Crippen LogP) is 4.82. The summed E-state index contributed by atoms with van der Waals surface area (Å²) in [5.74, 6) is 0.775. The van der Waals surface area contributed by atoms with Crippen LogP contribution in [0.1, 0.15) is 12.5 Å². The fourth-order valence-electron chi connectivity index (χ4n) is 3.09. The topological polar surface area (TPSA) is 80.0 Å². The van der Waals surface area contributed by atoms with E-state index >= 15 is 0 Å². The minimum atomic E-state index is -0.369. The van der Waals surface area contributed by atoms with Crippen LogP contribution in [0.4, 0.5) is 5.69 Å². The number of amides is 1. The zero-order valence-electron chi connectivity index (χ0n) is 17.0. The quantitative estimate of drug-likeness (QED) is 0.411. The van der Waals surface area contributed by atoms with Crippen molar-refractivity contribution in [2.24, 2.45) is 0 Å². The fraction of sp³-hybridized carbons (Fsp3) is 0.125. The number of carbonyl (C=O) groups is 1. The first-order valence-corrected chi connectivity index (χ1v) is 10.8. The second-order valence-corrected chi connectivity index (χ2v) is 8.35. The Kier molecular flexibility index (Phi) is 6.33. The second kappa shape index (κ2) is 9.49. The van der Waals surface area contributed by atoms with Crippen LogP contribution in [0.15, 0.2) is 90.1 Å². The molecule has 0 saturated heterocycles. The summed E-state index contributed by atoms with van der Waals surface area (Å²) in [5.41, 5.74) is 2.70. The Bertz CT molecular complexity index is 1150. The van der Waals surface area contributed by atoms with Gasteiger partial charge in [-0.1, -0.05) is 60.3 Å². The number of para-hydroxylation sites is 1. The van der Waals surface area contributed by atoms with Gasteiger partial charge in [0.2, 0.25) is 5.91 Å². The van der Waals surface area contributed by atoms with Gasteiger partial charge in [0, 0.05) is 11.3 Å². The fourth-order valence-corrected chi connectivity index (χ4v) is 3.93. The average Bonchev–Trinajstić information content (AvgIpc) is 3.17. The third kappa shape index (κ3) is 5.13. The van der Waals surface area contributed by atoms with E-state index < -0.39 is 0 Å². The number of nitrogens with zero attached hydrogens (tertiary/aromatic N) is 3. The van der Waals surface area contributed by atoms with Crippen LogP contribution >= 0.6 is 11.8 Å². The zero-order chi connectivity index (χ0) is 21.6. The molecule has 0 aliphatic carbocycles. The summed E-state index contributed by atoms with van der Waals surface area (Å²) in [5, 5.41) is 21.6. The predicted molar refractivity (Wildman–Crippen MR) is 123 cm³/mol. The normalized spacial score (nSPS) is 11.8. The van der Waals surface area contributed by atoms with Gasteiger partial charge in [-0.15, -0.1) is 10.2 Å². The van der Waals surface area contributed by atoms with Crippen molar-refractivity contribution >= 4 is 23.4 Å². The number of phenols is 1. The van der Waals surface area contributed by atoms with E-state index in [1.165, 1.54) is 11.8 Å². The van der Waals surface area contributed by atoms with E-state index in [1.54, 1.807) is 24.3 Å². The van der Waals surface area contributed by atoms with E-state index in [0.717, 1.165) is 16.8 Å². The van der Waals surface area contributed by atoms with Crippen LogP contribution in [-0.4, -0.2) is 31.0 Å². The minimum Gasteiger partial charge on any atom is -0.508 e. The lowest BCUT2D eigenvalue weighted by molar-refractivity contribution is -0.115. The number of carbonyl (C=O) groups excluding carboxylic acids is 1. The monoisotopic (exact) mass is 430 g/mol. The van der Waals surface area contributed by atoms with E-state index in [1.807, 2.05) is 72.2 Å². The molecule has 156 valence electrons. The van der Waals surface area contributed by atoms with Crippen LogP contribution < -0.4 is 5.32 Å². The van der Waals surface area contributed by atoms with E-state index in [0.29, 0.717) is 17.5 Å². The minimum absolute atomic E-state index is 0.100.